The Balaban J connectivity index is 1.51. The van der Waals surface area contributed by atoms with Crippen molar-refractivity contribution in [3.05, 3.63) is 63.5 Å². The lowest BCUT2D eigenvalue weighted by Gasteiger charge is -2.11. The van der Waals surface area contributed by atoms with Crippen LogP contribution in [0.15, 0.2) is 57.8 Å². The van der Waals surface area contributed by atoms with Gasteiger partial charge in [-0.1, -0.05) is 5.10 Å². The number of non-ortho nitro benzene ring substituents is 1. The summed E-state index contributed by atoms with van der Waals surface area (Å²) in [6.07, 6.45) is 0. The minimum atomic E-state index is -3.56. The van der Waals surface area contributed by atoms with Crippen molar-refractivity contribution in [2.24, 2.45) is 0 Å². The topological polar surface area (TPSA) is 149 Å². The van der Waals surface area contributed by atoms with Crippen LogP contribution in [0, 0.1) is 10.1 Å². The number of carbonyl (C=O) groups is 1. The van der Waals surface area contributed by atoms with Crippen LogP contribution in [0.3, 0.4) is 0 Å². The van der Waals surface area contributed by atoms with Crippen molar-refractivity contribution in [3.8, 4) is 11.5 Å². The summed E-state index contributed by atoms with van der Waals surface area (Å²) in [5.41, 5.74) is 0.415. The van der Waals surface area contributed by atoms with Crippen molar-refractivity contribution in [1.82, 2.24) is 14.5 Å². The Morgan fingerprint density at radius 2 is 1.84 bits per heavy atom. The molecule has 1 amide bonds. The molecule has 2 aromatic heterocycles. The first-order chi connectivity index (χ1) is 15.1. The third-order valence-corrected chi connectivity index (χ3v) is 7.40. The SMILES string of the molecule is CN(C)S(=O)(=O)c1ccc(-c2nnc(NC(=O)c3cc4cc([N+](=O)[O-])ccc4s3)o2)cc1. The molecule has 0 saturated heterocycles. The van der Waals surface area contributed by atoms with Gasteiger partial charge in [-0.15, -0.1) is 16.4 Å². The molecule has 0 fully saturated rings. The smallest absolute Gasteiger partial charge is 0.322 e. The quantitative estimate of drug-likeness (QED) is 0.331. The van der Waals surface area contributed by atoms with Crippen LogP contribution in [0.2, 0.25) is 0 Å². The van der Waals surface area contributed by atoms with Crippen molar-refractivity contribution in [1.29, 1.82) is 0 Å². The highest BCUT2D eigenvalue weighted by atomic mass is 32.2. The summed E-state index contributed by atoms with van der Waals surface area (Å²) in [4.78, 5) is 23.4. The number of nitro groups is 1. The van der Waals surface area contributed by atoms with Crippen molar-refractivity contribution in [2.45, 2.75) is 4.90 Å². The number of nitro benzene ring substituents is 1. The maximum absolute atomic E-state index is 12.5. The van der Waals surface area contributed by atoms with Gasteiger partial charge in [0.05, 0.1) is 14.7 Å². The second-order valence-corrected chi connectivity index (χ2v) is 10.0. The average molecular weight is 473 g/mol. The summed E-state index contributed by atoms with van der Waals surface area (Å²) < 4.78 is 31.6. The Bertz CT molecular complexity index is 1440. The first-order valence-electron chi connectivity index (χ1n) is 9.01. The van der Waals surface area contributed by atoms with Crippen LogP contribution >= 0.6 is 11.3 Å². The van der Waals surface area contributed by atoms with E-state index in [-0.39, 0.29) is 22.5 Å². The van der Waals surface area contributed by atoms with Gasteiger partial charge in [0.15, 0.2) is 0 Å². The van der Waals surface area contributed by atoms with Crippen LogP contribution < -0.4 is 5.32 Å². The number of amides is 1. The normalized spacial score (nSPS) is 11.7. The van der Waals surface area contributed by atoms with E-state index in [0.29, 0.717) is 15.8 Å². The Hall–Kier alpha value is -3.68. The molecule has 0 bridgehead atoms. The number of aromatic nitrogens is 2. The maximum Gasteiger partial charge on any atom is 0.322 e. The molecule has 0 spiro atoms. The van der Waals surface area contributed by atoms with Gasteiger partial charge in [-0.2, -0.15) is 0 Å². The molecule has 2 aromatic carbocycles. The zero-order valence-electron chi connectivity index (χ0n) is 16.7. The fourth-order valence-corrected chi connectivity index (χ4v) is 4.63. The molecular formula is C19H15N5O6S2. The van der Waals surface area contributed by atoms with E-state index in [1.165, 1.54) is 61.8 Å². The van der Waals surface area contributed by atoms with Crippen LogP contribution in [0.25, 0.3) is 21.5 Å². The summed E-state index contributed by atoms with van der Waals surface area (Å²) in [5.74, 6) is -0.405. The highest BCUT2D eigenvalue weighted by Crippen LogP contribution is 2.30. The third-order valence-electron chi connectivity index (χ3n) is 4.46. The average Bonchev–Trinajstić information content (AvgIpc) is 3.40. The van der Waals surface area contributed by atoms with Crippen LogP contribution in [0.5, 0.6) is 0 Å². The van der Waals surface area contributed by atoms with Gasteiger partial charge < -0.3 is 4.42 Å². The van der Waals surface area contributed by atoms with Crippen molar-refractivity contribution in [3.63, 3.8) is 0 Å². The molecule has 4 rings (SSSR count). The number of rotatable bonds is 6. The lowest BCUT2D eigenvalue weighted by atomic mass is 10.2. The van der Waals surface area contributed by atoms with E-state index in [1.54, 1.807) is 12.1 Å². The second kappa shape index (κ2) is 8.11. The molecule has 4 aromatic rings. The molecule has 1 N–H and O–H groups in total. The number of hydrogen-bond donors (Lipinski definition) is 1. The Morgan fingerprint density at radius 3 is 2.50 bits per heavy atom. The minimum Gasteiger partial charge on any atom is -0.403 e. The van der Waals surface area contributed by atoms with Gasteiger partial charge >= 0.3 is 6.01 Å². The number of carbonyl (C=O) groups excluding carboxylic acids is 1. The van der Waals surface area contributed by atoms with Gasteiger partial charge in [-0.25, -0.2) is 12.7 Å². The molecule has 11 nitrogen and oxygen atoms in total. The molecular weight excluding hydrogens is 458 g/mol. The van der Waals surface area contributed by atoms with E-state index in [1.807, 2.05) is 0 Å². The molecule has 0 atom stereocenters. The maximum atomic E-state index is 12.5. The summed E-state index contributed by atoms with van der Waals surface area (Å²) >= 11 is 1.17. The number of nitrogens with one attached hydrogen (secondary N) is 1. The molecule has 32 heavy (non-hydrogen) atoms. The predicted octanol–water partition coefficient (Wildman–Crippen LogP) is 3.36. The largest absolute Gasteiger partial charge is 0.403 e. The Labute approximate surface area is 185 Å². The highest BCUT2D eigenvalue weighted by Gasteiger charge is 2.19. The zero-order chi connectivity index (χ0) is 23.0. The van der Waals surface area contributed by atoms with Crippen LogP contribution in [-0.2, 0) is 10.0 Å². The number of anilines is 1. The predicted molar refractivity (Wildman–Crippen MR) is 117 cm³/mol. The van der Waals surface area contributed by atoms with Crippen molar-refractivity contribution in [2.75, 3.05) is 19.4 Å². The molecule has 0 aliphatic heterocycles. The van der Waals surface area contributed by atoms with Crippen molar-refractivity contribution >= 4 is 49.1 Å². The number of fused-ring (bicyclic) bond motifs is 1. The summed E-state index contributed by atoms with van der Waals surface area (Å²) in [5, 5.41) is 21.6. The van der Waals surface area contributed by atoms with E-state index < -0.39 is 20.9 Å². The minimum absolute atomic E-state index is 0.0619. The first-order valence-corrected chi connectivity index (χ1v) is 11.3. The van der Waals surface area contributed by atoms with E-state index in [0.717, 1.165) is 9.01 Å². The molecule has 13 heteroatoms. The Morgan fingerprint density at radius 1 is 1.12 bits per heavy atom. The molecule has 0 aliphatic rings. The van der Waals surface area contributed by atoms with Crippen LogP contribution in [0.1, 0.15) is 9.67 Å². The van der Waals surface area contributed by atoms with E-state index >= 15 is 0 Å². The van der Waals surface area contributed by atoms with Gasteiger partial charge in [0, 0.05) is 41.9 Å². The van der Waals surface area contributed by atoms with Gasteiger partial charge in [-0.05, 0) is 36.4 Å². The van der Waals surface area contributed by atoms with Gasteiger partial charge in [0.2, 0.25) is 15.9 Å². The number of hydrogen-bond acceptors (Lipinski definition) is 9. The summed E-state index contributed by atoms with van der Waals surface area (Å²) in [6, 6.07) is 11.6. The lowest BCUT2D eigenvalue weighted by Crippen LogP contribution is -2.22. The molecule has 0 saturated carbocycles. The summed E-state index contributed by atoms with van der Waals surface area (Å²) in [6.45, 7) is 0. The monoisotopic (exact) mass is 473 g/mol. The first kappa shape index (κ1) is 21.5. The second-order valence-electron chi connectivity index (χ2n) is 6.77. The van der Waals surface area contributed by atoms with E-state index in [4.69, 9.17) is 4.42 Å². The zero-order valence-corrected chi connectivity index (χ0v) is 18.3. The fraction of sp³-hybridized carbons (Fsp3) is 0.105. The number of benzene rings is 2. The van der Waals surface area contributed by atoms with Gasteiger partial charge in [-0.3, -0.25) is 20.2 Å². The third kappa shape index (κ3) is 4.08. The van der Waals surface area contributed by atoms with Crippen LogP contribution in [-0.4, -0.2) is 47.8 Å². The highest BCUT2D eigenvalue weighted by molar-refractivity contribution is 7.89. The fourth-order valence-electron chi connectivity index (χ4n) is 2.79. The molecule has 0 aliphatic carbocycles. The van der Waals surface area contributed by atoms with E-state index in [9.17, 15) is 23.3 Å². The van der Waals surface area contributed by atoms with E-state index in [2.05, 4.69) is 15.5 Å². The van der Waals surface area contributed by atoms with Crippen LogP contribution in [0.4, 0.5) is 11.7 Å². The number of thiophene rings is 1. The summed E-state index contributed by atoms with van der Waals surface area (Å²) in [7, 11) is -0.685. The molecule has 164 valence electrons. The standard InChI is InChI=1S/C19H15N5O6S2/c1-23(2)32(28,29)14-6-3-11(4-7-14)18-21-22-19(30-18)20-17(25)16-10-12-9-13(24(26)27)5-8-15(12)31-16/h3-10H,1-2H3,(H,20,22,25). The molecule has 2 heterocycles. The van der Waals surface area contributed by atoms with Crippen molar-refractivity contribution < 1.29 is 22.6 Å². The molecule has 0 radical (unpaired) electrons. The van der Waals surface area contributed by atoms with Gasteiger partial charge in [0.1, 0.15) is 0 Å². The number of nitrogens with zero attached hydrogens (tertiary/aromatic N) is 4. The molecule has 0 unspecified atom stereocenters. The number of sulfonamides is 1. The van der Waals surface area contributed by atoms with Gasteiger partial charge in [0.25, 0.3) is 11.6 Å². The Kier molecular flexibility index (Phi) is 5.46. The lowest BCUT2D eigenvalue weighted by molar-refractivity contribution is -0.384.